The van der Waals surface area contributed by atoms with Crippen molar-refractivity contribution < 1.29 is 22.7 Å². The molecule has 8 heteroatoms. The fourth-order valence-electron chi connectivity index (χ4n) is 4.57. The van der Waals surface area contributed by atoms with E-state index < -0.39 is 18.3 Å². The lowest BCUT2D eigenvalue weighted by atomic mass is 9.73. The fourth-order valence-corrected chi connectivity index (χ4v) is 4.57. The molecule has 0 fully saturated rings. The lowest BCUT2D eigenvalue weighted by molar-refractivity contribution is -0.153. The number of alkyl halides is 3. The maximum absolute atomic E-state index is 13.0. The number of ether oxygens (including phenoxy) is 1. The molecular weight excluding hydrogens is 407 g/mol. The zero-order valence-electron chi connectivity index (χ0n) is 16.6. The number of benzene rings is 2. The molecular formula is C23H20F3N3O2. The van der Waals surface area contributed by atoms with Crippen molar-refractivity contribution in [3.63, 3.8) is 0 Å². The highest BCUT2D eigenvalue weighted by molar-refractivity contribution is 5.81. The van der Waals surface area contributed by atoms with Crippen molar-refractivity contribution in [3.8, 4) is 17.0 Å². The Morgan fingerprint density at radius 1 is 1.16 bits per heavy atom. The predicted molar refractivity (Wildman–Crippen MR) is 108 cm³/mol. The summed E-state index contributed by atoms with van der Waals surface area (Å²) in [5.41, 5.74) is 2.86. The molecule has 3 aromatic rings. The van der Waals surface area contributed by atoms with Crippen molar-refractivity contribution in [3.05, 3.63) is 71.7 Å². The average Bonchev–Trinajstić information content (AvgIpc) is 3.17. The number of aromatic nitrogens is 2. The Morgan fingerprint density at radius 2 is 1.97 bits per heavy atom. The van der Waals surface area contributed by atoms with Crippen LogP contribution in [-0.4, -0.2) is 28.4 Å². The van der Waals surface area contributed by atoms with Gasteiger partial charge in [-0.2, -0.15) is 13.2 Å². The van der Waals surface area contributed by atoms with Crippen molar-refractivity contribution in [2.75, 3.05) is 6.61 Å². The number of imidazole rings is 1. The van der Waals surface area contributed by atoms with Gasteiger partial charge in [0.15, 0.2) is 6.61 Å². The van der Waals surface area contributed by atoms with Crippen LogP contribution in [0.5, 0.6) is 5.75 Å². The molecule has 2 aliphatic rings. The molecule has 0 radical (unpaired) electrons. The number of hydrogen-bond acceptors (Lipinski definition) is 3. The molecule has 1 aliphatic heterocycles. The van der Waals surface area contributed by atoms with Gasteiger partial charge in [-0.1, -0.05) is 36.4 Å². The first kappa shape index (κ1) is 19.7. The van der Waals surface area contributed by atoms with Crippen LogP contribution < -0.4 is 10.1 Å². The second-order valence-electron chi connectivity index (χ2n) is 8.04. The second-order valence-corrected chi connectivity index (χ2v) is 8.04. The summed E-state index contributed by atoms with van der Waals surface area (Å²) in [6, 6.07) is 14.4. The van der Waals surface area contributed by atoms with Gasteiger partial charge in [-0.05, 0) is 42.5 Å². The molecule has 1 N–H and O–H groups in total. The van der Waals surface area contributed by atoms with E-state index >= 15 is 0 Å². The van der Waals surface area contributed by atoms with Crippen LogP contribution in [0.15, 0.2) is 54.7 Å². The normalized spacial score (nSPS) is 20.2. The molecule has 2 heterocycles. The van der Waals surface area contributed by atoms with Gasteiger partial charge in [-0.3, -0.25) is 4.57 Å². The van der Waals surface area contributed by atoms with Crippen LogP contribution in [0.25, 0.3) is 11.3 Å². The third kappa shape index (κ3) is 3.66. The maximum Gasteiger partial charge on any atom is 0.422 e. The number of nitrogens with zero attached hydrogens (tertiary/aromatic N) is 2. The van der Waals surface area contributed by atoms with E-state index in [1.807, 2.05) is 30.3 Å². The van der Waals surface area contributed by atoms with Crippen LogP contribution in [0.3, 0.4) is 0 Å². The van der Waals surface area contributed by atoms with E-state index in [9.17, 15) is 18.0 Å². The highest BCUT2D eigenvalue weighted by Gasteiger charge is 2.43. The van der Waals surface area contributed by atoms with E-state index in [2.05, 4.69) is 5.32 Å². The van der Waals surface area contributed by atoms with Gasteiger partial charge in [0.1, 0.15) is 11.6 Å². The monoisotopic (exact) mass is 427 g/mol. The topological polar surface area (TPSA) is 56.1 Å². The highest BCUT2D eigenvalue weighted by Crippen LogP contribution is 2.41. The van der Waals surface area contributed by atoms with Gasteiger partial charge in [0.2, 0.25) is 0 Å². The zero-order chi connectivity index (χ0) is 21.6. The Hall–Kier alpha value is -3.29. The molecule has 0 unspecified atom stereocenters. The van der Waals surface area contributed by atoms with E-state index in [4.69, 9.17) is 9.72 Å². The minimum atomic E-state index is -4.39. The molecule has 5 rings (SSSR count). The molecule has 31 heavy (non-hydrogen) atoms. The zero-order valence-corrected chi connectivity index (χ0v) is 16.6. The van der Waals surface area contributed by atoms with E-state index in [-0.39, 0.29) is 11.8 Å². The molecule has 1 amide bonds. The fraction of sp³-hybridized carbons (Fsp3) is 0.304. The molecule has 1 aliphatic carbocycles. The van der Waals surface area contributed by atoms with Gasteiger partial charge < -0.3 is 10.1 Å². The lowest BCUT2D eigenvalue weighted by Gasteiger charge is -2.42. The summed E-state index contributed by atoms with van der Waals surface area (Å²) in [5.74, 6) is 0.857. The van der Waals surface area contributed by atoms with Gasteiger partial charge in [-0.25, -0.2) is 9.78 Å². The van der Waals surface area contributed by atoms with E-state index in [1.165, 1.54) is 0 Å². The Kier molecular flexibility index (Phi) is 4.53. The molecule has 5 nitrogen and oxygen atoms in total. The number of nitrogens with one attached hydrogen (secondary N) is 1. The van der Waals surface area contributed by atoms with Gasteiger partial charge >= 0.3 is 12.2 Å². The highest BCUT2D eigenvalue weighted by atomic mass is 19.4. The summed E-state index contributed by atoms with van der Waals surface area (Å²) in [7, 11) is 0. The SMILES string of the molecule is O=C1N[C@@]2(CCCc3cc(OCC(F)(F)F)ccc32)Cc2nc(-c3ccccc3)cn21. The Balaban J connectivity index is 1.47. The summed E-state index contributed by atoms with van der Waals surface area (Å²) in [5, 5.41) is 3.15. The van der Waals surface area contributed by atoms with Crippen molar-refractivity contribution in [1.82, 2.24) is 14.9 Å². The molecule has 0 bridgehead atoms. The van der Waals surface area contributed by atoms with E-state index in [0.717, 1.165) is 41.6 Å². The maximum atomic E-state index is 13.0. The van der Waals surface area contributed by atoms with Crippen molar-refractivity contribution in [2.24, 2.45) is 0 Å². The number of rotatable bonds is 3. The molecule has 1 atom stereocenters. The molecule has 1 aromatic heterocycles. The van der Waals surface area contributed by atoms with Gasteiger partial charge in [0.25, 0.3) is 0 Å². The molecule has 0 saturated carbocycles. The van der Waals surface area contributed by atoms with Crippen LogP contribution in [-0.2, 0) is 18.4 Å². The minimum Gasteiger partial charge on any atom is -0.484 e. The third-order valence-corrected chi connectivity index (χ3v) is 5.92. The first-order valence-corrected chi connectivity index (χ1v) is 10.1. The Bertz CT molecular complexity index is 1140. The van der Waals surface area contributed by atoms with E-state index in [0.29, 0.717) is 12.2 Å². The number of aryl methyl sites for hydroxylation is 1. The van der Waals surface area contributed by atoms with Crippen LogP contribution in [0.1, 0.15) is 29.8 Å². The van der Waals surface area contributed by atoms with Crippen molar-refractivity contribution in [2.45, 2.75) is 37.4 Å². The largest absolute Gasteiger partial charge is 0.484 e. The average molecular weight is 427 g/mol. The molecule has 2 aromatic carbocycles. The number of carbonyl (C=O) groups is 1. The van der Waals surface area contributed by atoms with Crippen LogP contribution in [0.2, 0.25) is 0 Å². The van der Waals surface area contributed by atoms with Gasteiger partial charge in [-0.15, -0.1) is 0 Å². The summed E-state index contributed by atoms with van der Waals surface area (Å²) >= 11 is 0. The van der Waals surface area contributed by atoms with Crippen LogP contribution >= 0.6 is 0 Å². The second kappa shape index (κ2) is 7.14. The summed E-state index contributed by atoms with van der Waals surface area (Å²) in [6.45, 7) is -1.33. The summed E-state index contributed by atoms with van der Waals surface area (Å²) in [6.07, 6.45) is 0.137. The number of hydrogen-bond donors (Lipinski definition) is 1. The molecule has 0 saturated heterocycles. The first-order valence-electron chi connectivity index (χ1n) is 10.1. The van der Waals surface area contributed by atoms with Crippen LogP contribution in [0, 0.1) is 0 Å². The van der Waals surface area contributed by atoms with Crippen LogP contribution in [0.4, 0.5) is 18.0 Å². The smallest absolute Gasteiger partial charge is 0.422 e. The Morgan fingerprint density at radius 3 is 2.74 bits per heavy atom. The van der Waals surface area contributed by atoms with Gasteiger partial charge in [0.05, 0.1) is 11.2 Å². The predicted octanol–water partition coefficient (Wildman–Crippen LogP) is 4.84. The van der Waals surface area contributed by atoms with Gasteiger partial charge in [0, 0.05) is 18.2 Å². The quantitative estimate of drug-likeness (QED) is 0.651. The molecule has 1 spiro atoms. The lowest BCUT2D eigenvalue weighted by Crippen LogP contribution is -2.54. The summed E-state index contributed by atoms with van der Waals surface area (Å²) in [4.78, 5) is 17.7. The number of carbonyl (C=O) groups excluding carboxylic acids is 1. The first-order chi connectivity index (χ1) is 14.8. The number of amides is 1. The van der Waals surface area contributed by atoms with Crippen molar-refractivity contribution >= 4 is 6.03 Å². The number of fused-ring (bicyclic) bond motifs is 3. The minimum absolute atomic E-state index is 0.183. The third-order valence-electron chi connectivity index (χ3n) is 5.92. The molecule has 160 valence electrons. The Labute approximate surface area is 176 Å². The van der Waals surface area contributed by atoms with E-state index in [1.54, 1.807) is 29.0 Å². The summed E-state index contributed by atoms with van der Waals surface area (Å²) < 4.78 is 43.9. The number of halogens is 3. The van der Waals surface area contributed by atoms with Crippen molar-refractivity contribution in [1.29, 1.82) is 0 Å². The standard InChI is InChI=1S/C23H20F3N3O2/c24-23(25,26)14-31-17-8-9-18-16(11-17)7-4-10-22(18)12-20-27-19(13-29(20)21(30)28-22)15-5-2-1-3-6-15/h1-3,5-6,8-9,11,13H,4,7,10,12,14H2,(H,28,30)/t22-/m0/s1.